The first-order chi connectivity index (χ1) is 8.95. The summed E-state index contributed by atoms with van der Waals surface area (Å²) in [5.41, 5.74) is 1.27. The number of nitrogens with zero attached hydrogens (tertiary/aromatic N) is 1. The van der Waals surface area contributed by atoms with E-state index in [0.29, 0.717) is 10.7 Å². The van der Waals surface area contributed by atoms with E-state index in [4.69, 9.17) is 11.6 Å². The summed E-state index contributed by atoms with van der Waals surface area (Å²) in [6, 6.07) is 7.38. The third-order valence-corrected chi connectivity index (χ3v) is 4.10. The van der Waals surface area contributed by atoms with Crippen LogP contribution >= 0.6 is 22.9 Å². The van der Waals surface area contributed by atoms with E-state index in [-0.39, 0.29) is 11.9 Å². The number of aryl methyl sites for hydroxylation is 2. The summed E-state index contributed by atoms with van der Waals surface area (Å²) in [4.78, 5) is 18.6. The normalized spacial score (nSPS) is 12.2. The van der Waals surface area contributed by atoms with Crippen LogP contribution in [0, 0.1) is 13.8 Å². The predicted molar refractivity (Wildman–Crippen MR) is 78.9 cm³/mol. The lowest BCUT2D eigenvalue weighted by Gasteiger charge is -2.12. The van der Waals surface area contributed by atoms with E-state index in [1.165, 1.54) is 4.88 Å². The minimum absolute atomic E-state index is 0.0153. The van der Waals surface area contributed by atoms with Crippen molar-refractivity contribution in [3.05, 3.63) is 50.4 Å². The molecule has 19 heavy (non-hydrogen) atoms. The smallest absolute Gasteiger partial charge is 0.251 e. The van der Waals surface area contributed by atoms with Crippen molar-refractivity contribution in [3.8, 4) is 0 Å². The van der Waals surface area contributed by atoms with Gasteiger partial charge in [0.1, 0.15) is 5.15 Å². The van der Waals surface area contributed by atoms with Crippen molar-refractivity contribution in [3.63, 3.8) is 0 Å². The van der Waals surface area contributed by atoms with E-state index in [1.807, 2.05) is 19.9 Å². The summed E-state index contributed by atoms with van der Waals surface area (Å²) in [6.45, 7) is 5.84. The second kappa shape index (κ2) is 5.72. The Bertz CT molecular complexity index is 589. The molecule has 1 N–H and O–H groups in total. The van der Waals surface area contributed by atoms with E-state index < -0.39 is 0 Å². The van der Waals surface area contributed by atoms with Crippen molar-refractivity contribution >= 4 is 28.8 Å². The van der Waals surface area contributed by atoms with E-state index >= 15 is 0 Å². The average Bonchev–Trinajstić information content (AvgIpc) is 2.74. The first kappa shape index (κ1) is 14.0. The van der Waals surface area contributed by atoms with Gasteiger partial charge in [-0.15, -0.1) is 11.3 Å². The molecule has 3 nitrogen and oxygen atoms in total. The number of pyridine rings is 1. The number of rotatable bonds is 3. The van der Waals surface area contributed by atoms with Crippen LogP contribution in [0.15, 0.2) is 24.3 Å². The minimum Gasteiger partial charge on any atom is -0.345 e. The Morgan fingerprint density at radius 2 is 2.11 bits per heavy atom. The van der Waals surface area contributed by atoms with Crippen molar-refractivity contribution in [1.29, 1.82) is 0 Å². The Kier molecular flexibility index (Phi) is 4.22. The fraction of sp³-hybridized carbons (Fsp3) is 0.286. The van der Waals surface area contributed by atoms with Gasteiger partial charge in [-0.3, -0.25) is 4.79 Å². The molecular formula is C14H15ClN2OS. The van der Waals surface area contributed by atoms with Crippen LogP contribution < -0.4 is 5.32 Å². The molecule has 0 spiro atoms. The Hall–Kier alpha value is -1.39. The molecule has 2 heterocycles. The van der Waals surface area contributed by atoms with Gasteiger partial charge in [0, 0.05) is 21.0 Å². The summed E-state index contributed by atoms with van der Waals surface area (Å²) < 4.78 is 0. The van der Waals surface area contributed by atoms with Crippen LogP contribution in [0.2, 0.25) is 5.15 Å². The molecule has 0 aliphatic heterocycles. The summed E-state index contributed by atoms with van der Waals surface area (Å²) in [6.07, 6.45) is 0. The van der Waals surface area contributed by atoms with Crippen LogP contribution in [-0.2, 0) is 0 Å². The number of nitrogens with one attached hydrogen (secondary N) is 1. The molecule has 1 amide bonds. The number of thiophene rings is 1. The molecule has 0 radical (unpaired) electrons. The lowest BCUT2D eigenvalue weighted by Crippen LogP contribution is -2.26. The van der Waals surface area contributed by atoms with Gasteiger partial charge in [-0.2, -0.15) is 0 Å². The molecule has 0 aliphatic rings. The molecule has 2 aromatic heterocycles. The summed E-state index contributed by atoms with van der Waals surface area (Å²) >= 11 is 7.55. The van der Waals surface area contributed by atoms with Gasteiger partial charge in [0.2, 0.25) is 0 Å². The first-order valence-electron chi connectivity index (χ1n) is 5.97. The molecule has 0 saturated carbocycles. The van der Waals surface area contributed by atoms with Crippen LogP contribution in [0.1, 0.15) is 38.8 Å². The molecule has 0 aromatic carbocycles. The number of hydrogen-bond donors (Lipinski definition) is 1. The van der Waals surface area contributed by atoms with Gasteiger partial charge >= 0.3 is 0 Å². The number of amides is 1. The highest BCUT2D eigenvalue weighted by molar-refractivity contribution is 7.12. The molecular weight excluding hydrogens is 280 g/mol. The lowest BCUT2D eigenvalue weighted by atomic mass is 10.2. The number of halogens is 1. The number of hydrogen-bond acceptors (Lipinski definition) is 3. The number of carbonyl (C=O) groups excluding carboxylic acids is 1. The molecule has 2 rings (SSSR count). The van der Waals surface area contributed by atoms with Gasteiger partial charge < -0.3 is 5.32 Å². The molecule has 1 unspecified atom stereocenters. The van der Waals surface area contributed by atoms with Crippen LogP contribution in [0.5, 0.6) is 0 Å². The van der Waals surface area contributed by atoms with Crippen molar-refractivity contribution in [2.75, 3.05) is 0 Å². The maximum Gasteiger partial charge on any atom is 0.251 e. The highest BCUT2D eigenvalue weighted by Gasteiger charge is 2.13. The van der Waals surface area contributed by atoms with Crippen molar-refractivity contribution in [1.82, 2.24) is 10.3 Å². The lowest BCUT2D eigenvalue weighted by molar-refractivity contribution is 0.0940. The van der Waals surface area contributed by atoms with E-state index in [1.54, 1.807) is 23.5 Å². The molecule has 2 aromatic rings. The molecule has 1 atom stereocenters. The van der Waals surface area contributed by atoms with Crippen molar-refractivity contribution in [2.24, 2.45) is 0 Å². The molecule has 0 aliphatic carbocycles. The third-order valence-electron chi connectivity index (χ3n) is 2.72. The Balaban J connectivity index is 2.12. The zero-order valence-electron chi connectivity index (χ0n) is 11.0. The van der Waals surface area contributed by atoms with Gasteiger partial charge in [0.15, 0.2) is 0 Å². The SMILES string of the molecule is Cc1cc(C(=O)NC(C)c2ccc(C)s2)cc(Cl)n1. The van der Waals surface area contributed by atoms with E-state index in [0.717, 1.165) is 10.6 Å². The topological polar surface area (TPSA) is 42.0 Å². The Morgan fingerprint density at radius 1 is 1.37 bits per heavy atom. The number of aromatic nitrogens is 1. The Labute approximate surface area is 121 Å². The zero-order chi connectivity index (χ0) is 14.0. The summed E-state index contributed by atoms with van der Waals surface area (Å²) in [5, 5.41) is 3.30. The van der Waals surface area contributed by atoms with Gasteiger partial charge in [-0.1, -0.05) is 11.6 Å². The van der Waals surface area contributed by atoms with Gasteiger partial charge in [0.25, 0.3) is 5.91 Å². The maximum absolute atomic E-state index is 12.1. The van der Waals surface area contributed by atoms with Crippen molar-refractivity contribution in [2.45, 2.75) is 26.8 Å². The van der Waals surface area contributed by atoms with Crippen molar-refractivity contribution < 1.29 is 4.79 Å². The number of carbonyl (C=O) groups is 1. The third kappa shape index (κ3) is 3.55. The minimum atomic E-state index is -0.133. The molecule has 100 valence electrons. The maximum atomic E-state index is 12.1. The first-order valence-corrected chi connectivity index (χ1v) is 7.16. The summed E-state index contributed by atoms with van der Waals surface area (Å²) in [5.74, 6) is -0.133. The highest BCUT2D eigenvalue weighted by Crippen LogP contribution is 2.22. The standard InChI is InChI=1S/C14H15ClN2OS/c1-8-6-11(7-13(15)16-8)14(18)17-10(3)12-5-4-9(2)19-12/h4-7,10H,1-3H3,(H,17,18). The summed E-state index contributed by atoms with van der Waals surface area (Å²) in [7, 11) is 0. The quantitative estimate of drug-likeness (QED) is 0.872. The van der Waals surface area contributed by atoms with E-state index in [2.05, 4.69) is 23.3 Å². The molecule has 0 fully saturated rings. The predicted octanol–water partition coefficient (Wildman–Crippen LogP) is 3.90. The van der Waals surface area contributed by atoms with Crippen LogP contribution in [0.4, 0.5) is 0 Å². The average molecular weight is 295 g/mol. The van der Waals surface area contributed by atoms with Gasteiger partial charge in [-0.25, -0.2) is 4.98 Å². The monoisotopic (exact) mass is 294 g/mol. The largest absolute Gasteiger partial charge is 0.345 e. The highest BCUT2D eigenvalue weighted by atomic mass is 35.5. The molecule has 0 bridgehead atoms. The molecule has 5 heteroatoms. The van der Waals surface area contributed by atoms with E-state index in [9.17, 15) is 4.79 Å². The van der Waals surface area contributed by atoms with Crippen LogP contribution in [0.25, 0.3) is 0 Å². The molecule has 0 saturated heterocycles. The van der Waals surface area contributed by atoms with Gasteiger partial charge in [-0.05, 0) is 45.0 Å². The fourth-order valence-electron chi connectivity index (χ4n) is 1.80. The fourth-order valence-corrected chi connectivity index (χ4v) is 2.93. The second-order valence-electron chi connectivity index (χ2n) is 4.46. The Morgan fingerprint density at radius 3 is 2.68 bits per heavy atom. The van der Waals surface area contributed by atoms with Gasteiger partial charge in [0.05, 0.1) is 6.04 Å². The van der Waals surface area contributed by atoms with Crippen LogP contribution in [-0.4, -0.2) is 10.9 Å². The second-order valence-corrected chi connectivity index (χ2v) is 6.17. The van der Waals surface area contributed by atoms with Crippen LogP contribution in [0.3, 0.4) is 0 Å². The zero-order valence-corrected chi connectivity index (χ0v) is 12.6.